The summed E-state index contributed by atoms with van der Waals surface area (Å²) in [5.41, 5.74) is 4.08. The van der Waals surface area contributed by atoms with Crippen LogP contribution in [0.3, 0.4) is 0 Å². The molecule has 3 rings (SSSR count). The second-order valence-corrected chi connectivity index (χ2v) is 8.43. The fraction of sp³-hybridized carbons (Fsp3) is 0.682. The van der Waals surface area contributed by atoms with Gasteiger partial charge in [0.05, 0.1) is 4.83 Å². The average Bonchev–Trinajstić information content (AvgIpc) is 2.54. The lowest BCUT2D eigenvalue weighted by molar-refractivity contribution is -0.124. The van der Waals surface area contributed by atoms with Gasteiger partial charge in [0.2, 0.25) is 0 Å². The maximum Gasteiger partial charge on any atom is 0.153 e. The summed E-state index contributed by atoms with van der Waals surface area (Å²) in [5, 5.41) is 0. The van der Waals surface area contributed by atoms with Gasteiger partial charge in [-0.1, -0.05) is 80.1 Å². The summed E-state index contributed by atoms with van der Waals surface area (Å²) in [4.78, 5) is 12.5. The van der Waals surface area contributed by atoms with Crippen molar-refractivity contribution in [3.8, 4) is 0 Å². The lowest BCUT2D eigenvalue weighted by Gasteiger charge is -2.30. The maximum absolute atomic E-state index is 12.6. The van der Waals surface area contributed by atoms with Crippen molar-refractivity contribution in [1.29, 1.82) is 0 Å². The zero-order chi connectivity index (χ0) is 17.5. The van der Waals surface area contributed by atoms with Crippen LogP contribution in [0, 0.1) is 12.8 Å². The van der Waals surface area contributed by atoms with Gasteiger partial charge in [0.1, 0.15) is 0 Å². The molecule has 0 N–H and O–H groups in total. The number of halogens is 1. The van der Waals surface area contributed by atoms with Gasteiger partial charge in [-0.15, -0.1) is 0 Å². The third-order valence-electron chi connectivity index (χ3n) is 5.40. The Balaban J connectivity index is 0.000000647. The Hall–Kier alpha value is -0.630. The second-order valence-electron chi connectivity index (χ2n) is 7.51. The highest BCUT2D eigenvalue weighted by molar-refractivity contribution is 9.09. The number of hydrogen-bond donors (Lipinski definition) is 0. The Kier molecular flexibility index (Phi) is 8.00. The quantitative estimate of drug-likeness (QED) is 0.492. The molecule has 1 nitrogen and oxygen atoms in total. The highest BCUT2D eigenvalue weighted by Gasteiger charge is 2.33. The number of aryl methyl sites for hydroxylation is 1. The van der Waals surface area contributed by atoms with Crippen LogP contribution in [0.4, 0.5) is 0 Å². The Morgan fingerprint density at radius 1 is 1.08 bits per heavy atom. The van der Waals surface area contributed by atoms with Crippen LogP contribution in [-0.2, 0) is 4.79 Å². The minimum atomic E-state index is -0.0976. The average molecular weight is 393 g/mol. The van der Waals surface area contributed by atoms with Crippen molar-refractivity contribution in [2.45, 2.75) is 89.3 Å². The van der Waals surface area contributed by atoms with Gasteiger partial charge in [0.25, 0.3) is 0 Å². The number of carbonyl (C=O) groups is 1. The first kappa shape index (κ1) is 19.7. The topological polar surface area (TPSA) is 17.1 Å². The van der Waals surface area contributed by atoms with E-state index in [9.17, 15) is 4.79 Å². The van der Waals surface area contributed by atoms with Gasteiger partial charge < -0.3 is 0 Å². The van der Waals surface area contributed by atoms with Gasteiger partial charge in [-0.25, -0.2) is 0 Å². The molecule has 0 bridgehead atoms. The molecular formula is C22H33BrO. The molecule has 24 heavy (non-hydrogen) atoms. The molecule has 0 amide bonds. The van der Waals surface area contributed by atoms with Gasteiger partial charge in [-0.05, 0) is 55.2 Å². The molecule has 1 aromatic rings. The summed E-state index contributed by atoms with van der Waals surface area (Å²) in [6.07, 6.45) is 11.3. The molecule has 2 aliphatic carbocycles. The van der Waals surface area contributed by atoms with E-state index < -0.39 is 0 Å². The van der Waals surface area contributed by atoms with E-state index in [4.69, 9.17) is 0 Å². The van der Waals surface area contributed by atoms with Crippen LogP contribution in [0.25, 0.3) is 0 Å². The number of ketones is 1. The summed E-state index contributed by atoms with van der Waals surface area (Å²) in [6.45, 7) is 6.46. The van der Waals surface area contributed by atoms with Gasteiger partial charge >= 0.3 is 0 Å². The maximum atomic E-state index is 12.6. The van der Waals surface area contributed by atoms with Crippen molar-refractivity contribution >= 4 is 21.7 Å². The van der Waals surface area contributed by atoms with Crippen molar-refractivity contribution in [3.05, 3.63) is 34.9 Å². The molecule has 2 heteroatoms. The third kappa shape index (κ3) is 4.71. The van der Waals surface area contributed by atoms with E-state index in [1.807, 2.05) is 0 Å². The van der Waals surface area contributed by atoms with E-state index in [1.165, 1.54) is 61.6 Å². The molecule has 1 aromatic carbocycles. The molecule has 2 fully saturated rings. The van der Waals surface area contributed by atoms with Gasteiger partial charge in [0, 0.05) is 5.92 Å². The predicted molar refractivity (Wildman–Crippen MR) is 107 cm³/mol. The van der Waals surface area contributed by atoms with Crippen LogP contribution in [0.15, 0.2) is 18.2 Å². The first-order chi connectivity index (χ1) is 11.6. The lowest BCUT2D eigenvalue weighted by atomic mass is 9.76. The smallest absolute Gasteiger partial charge is 0.153 e. The van der Waals surface area contributed by atoms with Crippen LogP contribution in [-0.4, -0.2) is 5.78 Å². The number of Topliss-reactive ketones (excluding diaryl/α,β-unsaturated/α-hetero) is 1. The first-order valence-electron chi connectivity index (χ1n) is 9.87. The van der Waals surface area contributed by atoms with Crippen molar-refractivity contribution in [2.24, 2.45) is 5.92 Å². The fourth-order valence-electron chi connectivity index (χ4n) is 3.93. The highest BCUT2D eigenvalue weighted by Crippen LogP contribution is 2.42. The molecule has 0 aliphatic heterocycles. The Bertz CT molecular complexity index is 527. The summed E-state index contributed by atoms with van der Waals surface area (Å²) >= 11 is 3.73. The first-order valence-corrected chi connectivity index (χ1v) is 10.8. The Labute approximate surface area is 156 Å². The molecule has 0 saturated heterocycles. The summed E-state index contributed by atoms with van der Waals surface area (Å²) in [6, 6.07) is 6.49. The Morgan fingerprint density at radius 2 is 1.71 bits per heavy atom. The Morgan fingerprint density at radius 3 is 2.25 bits per heavy atom. The van der Waals surface area contributed by atoms with Crippen molar-refractivity contribution in [1.82, 2.24) is 0 Å². The summed E-state index contributed by atoms with van der Waals surface area (Å²) in [7, 11) is 0. The van der Waals surface area contributed by atoms with Crippen molar-refractivity contribution < 1.29 is 4.79 Å². The number of rotatable bonds is 4. The van der Waals surface area contributed by atoms with Gasteiger partial charge in [-0.3, -0.25) is 4.79 Å². The summed E-state index contributed by atoms with van der Waals surface area (Å²) in [5.74, 6) is 1.36. The molecule has 2 aliphatic rings. The molecule has 1 unspecified atom stereocenters. The van der Waals surface area contributed by atoms with Crippen LogP contribution in [0.5, 0.6) is 0 Å². The molecular weight excluding hydrogens is 360 g/mol. The fourth-order valence-corrected chi connectivity index (χ4v) is 4.70. The van der Waals surface area contributed by atoms with E-state index in [0.29, 0.717) is 17.6 Å². The van der Waals surface area contributed by atoms with E-state index >= 15 is 0 Å². The second kappa shape index (κ2) is 9.75. The van der Waals surface area contributed by atoms with Gasteiger partial charge in [-0.2, -0.15) is 0 Å². The molecule has 2 saturated carbocycles. The third-order valence-corrected chi connectivity index (χ3v) is 6.35. The van der Waals surface area contributed by atoms with Crippen LogP contribution >= 0.6 is 15.9 Å². The van der Waals surface area contributed by atoms with E-state index in [-0.39, 0.29) is 4.83 Å². The number of alkyl halides is 1. The molecule has 0 radical (unpaired) electrons. The normalized spacial score (nSPS) is 19.8. The van der Waals surface area contributed by atoms with Crippen LogP contribution in [0.2, 0.25) is 0 Å². The molecule has 0 heterocycles. The molecule has 0 spiro atoms. The van der Waals surface area contributed by atoms with Crippen molar-refractivity contribution in [3.63, 3.8) is 0 Å². The largest absolute Gasteiger partial charge is 0.298 e. The van der Waals surface area contributed by atoms with Crippen LogP contribution in [0.1, 0.15) is 99.1 Å². The van der Waals surface area contributed by atoms with Gasteiger partial charge in [0.15, 0.2) is 5.78 Å². The zero-order valence-corrected chi connectivity index (χ0v) is 17.2. The minimum Gasteiger partial charge on any atom is -0.298 e. The highest BCUT2D eigenvalue weighted by atomic mass is 79.9. The zero-order valence-electron chi connectivity index (χ0n) is 15.6. The predicted octanol–water partition coefficient (Wildman–Crippen LogP) is 7.26. The number of carbonyl (C=O) groups excluding carboxylic acids is 1. The van der Waals surface area contributed by atoms with E-state index in [1.54, 1.807) is 0 Å². The monoisotopic (exact) mass is 392 g/mol. The van der Waals surface area contributed by atoms with Crippen LogP contribution < -0.4 is 0 Å². The molecule has 134 valence electrons. The van der Waals surface area contributed by atoms with E-state index in [0.717, 1.165) is 12.8 Å². The lowest BCUT2D eigenvalue weighted by Crippen LogP contribution is -2.26. The SMILES string of the molecule is CCC.Cc1cccc(C(Br)C(=O)C2CCC2)c1C1CCCCC1. The van der Waals surface area contributed by atoms with E-state index in [2.05, 4.69) is 54.9 Å². The minimum absolute atomic E-state index is 0.0976. The number of benzene rings is 1. The molecule has 1 atom stereocenters. The molecule has 0 aromatic heterocycles. The summed E-state index contributed by atoms with van der Waals surface area (Å²) < 4.78 is 0. The standard InChI is InChI=1S/C19H25BrO.C3H8/c1-13-7-5-12-16(17(13)14-8-3-2-4-9-14)18(20)19(21)15-10-6-11-15;1-3-2/h5,7,12,14-15,18H,2-4,6,8-11H2,1H3;3H2,1-2H3. The number of hydrogen-bond acceptors (Lipinski definition) is 1. The van der Waals surface area contributed by atoms with Crippen molar-refractivity contribution in [2.75, 3.05) is 0 Å².